The number of piperidine rings is 1. The van der Waals surface area contributed by atoms with E-state index in [1.807, 2.05) is 11.8 Å². The van der Waals surface area contributed by atoms with Gasteiger partial charge in [-0.2, -0.15) is 13.2 Å². The number of amides is 1. The van der Waals surface area contributed by atoms with Gasteiger partial charge in [0, 0.05) is 18.5 Å². The van der Waals surface area contributed by atoms with Gasteiger partial charge in [0.05, 0.1) is 5.92 Å². The Morgan fingerprint density at radius 3 is 2.39 bits per heavy atom. The normalized spacial score (nSPS) is 26.4. The molecular weight excluding hydrogens is 329 g/mol. The summed E-state index contributed by atoms with van der Waals surface area (Å²) in [6.07, 6.45) is -0.234. The second-order valence-corrected chi connectivity index (χ2v) is 6.61. The van der Waals surface area contributed by atoms with Crippen LogP contribution in [0.4, 0.5) is 13.2 Å². The van der Waals surface area contributed by atoms with Crippen molar-refractivity contribution in [3.63, 3.8) is 0 Å². The third-order valence-electron chi connectivity index (χ3n) is 4.98. The fourth-order valence-corrected chi connectivity index (χ4v) is 3.78. The average Bonchev–Trinajstić information content (AvgIpc) is 2.52. The highest BCUT2D eigenvalue weighted by atomic mass is 35.5. The first kappa shape index (κ1) is 20.6. The zero-order valence-electron chi connectivity index (χ0n) is 13.7. The van der Waals surface area contributed by atoms with Crippen molar-refractivity contribution in [2.75, 3.05) is 19.6 Å². The minimum atomic E-state index is -4.16. The Labute approximate surface area is 142 Å². The van der Waals surface area contributed by atoms with Gasteiger partial charge >= 0.3 is 6.18 Å². The molecule has 1 saturated heterocycles. The molecule has 0 aromatic carbocycles. The van der Waals surface area contributed by atoms with Crippen LogP contribution in [0.2, 0.25) is 0 Å². The smallest absolute Gasteiger partial charge is 0.339 e. The first-order valence-corrected chi connectivity index (χ1v) is 8.51. The Kier molecular flexibility index (Phi) is 8.14. The minimum absolute atomic E-state index is 0. The molecule has 0 radical (unpaired) electrons. The summed E-state index contributed by atoms with van der Waals surface area (Å²) < 4.78 is 38.8. The third-order valence-corrected chi connectivity index (χ3v) is 4.98. The lowest BCUT2D eigenvalue weighted by Gasteiger charge is -2.39. The van der Waals surface area contributed by atoms with Gasteiger partial charge in [-0.05, 0) is 51.6 Å². The first-order valence-electron chi connectivity index (χ1n) is 8.51. The van der Waals surface area contributed by atoms with Crippen LogP contribution in [0.5, 0.6) is 0 Å². The molecule has 1 saturated carbocycles. The molecule has 2 fully saturated rings. The SMILES string of the molecule is CCCN(C(=O)C1CCCC(C(F)(F)F)C1)C1CCNCC1.Cl. The van der Waals surface area contributed by atoms with Gasteiger partial charge in [0.25, 0.3) is 0 Å². The number of nitrogens with one attached hydrogen (secondary N) is 1. The zero-order chi connectivity index (χ0) is 16.2. The number of nitrogens with zero attached hydrogens (tertiary/aromatic N) is 1. The topological polar surface area (TPSA) is 32.3 Å². The van der Waals surface area contributed by atoms with Crippen LogP contribution in [-0.4, -0.2) is 42.7 Å². The van der Waals surface area contributed by atoms with E-state index in [0.29, 0.717) is 19.4 Å². The maximum Gasteiger partial charge on any atom is 0.391 e. The van der Waals surface area contributed by atoms with Gasteiger partial charge in [-0.3, -0.25) is 4.79 Å². The van der Waals surface area contributed by atoms with E-state index in [-0.39, 0.29) is 37.2 Å². The molecule has 1 N–H and O–H groups in total. The molecule has 2 aliphatic rings. The van der Waals surface area contributed by atoms with Crippen molar-refractivity contribution in [3.05, 3.63) is 0 Å². The number of hydrogen-bond acceptors (Lipinski definition) is 2. The number of hydrogen-bond donors (Lipinski definition) is 1. The lowest BCUT2D eigenvalue weighted by atomic mass is 9.80. The number of carbonyl (C=O) groups excluding carboxylic acids is 1. The van der Waals surface area contributed by atoms with Gasteiger partial charge in [0.2, 0.25) is 5.91 Å². The van der Waals surface area contributed by atoms with E-state index in [1.54, 1.807) is 0 Å². The van der Waals surface area contributed by atoms with Crippen molar-refractivity contribution in [3.8, 4) is 0 Å². The number of carbonyl (C=O) groups is 1. The molecule has 23 heavy (non-hydrogen) atoms. The second-order valence-electron chi connectivity index (χ2n) is 6.61. The summed E-state index contributed by atoms with van der Waals surface area (Å²) in [5.41, 5.74) is 0. The van der Waals surface area contributed by atoms with Crippen molar-refractivity contribution in [2.45, 2.75) is 64.1 Å². The molecule has 1 aliphatic carbocycles. The number of alkyl halides is 3. The predicted octanol–water partition coefficient (Wildman–Crippen LogP) is 3.77. The molecule has 0 aromatic heterocycles. The van der Waals surface area contributed by atoms with Crippen LogP contribution in [0, 0.1) is 11.8 Å². The van der Waals surface area contributed by atoms with Crippen molar-refractivity contribution in [2.24, 2.45) is 11.8 Å². The van der Waals surface area contributed by atoms with E-state index in [4.69, 9.17) is 0 Å². The molecule has 0 bridgehead atoms. The predicted molar refractivity (Wildman–Crippen MR) is 86.6 cm³/mol. The Morgan fingerprint density at radius 2 is 1.83 bits per heavy atom. The van der Waals surface area contributed by atoms with Gasteiger partial charge in [-0.15, -0.1) is 12.4 Å². The molecule has 2 atom stereocenters. The Hall–Kier alpha value is -0.490. The van der Waals surface area contributed by atoms with Crippen LogP contribution < -0.4 is 5.32 Å². The van der Waals surface area contributed by atoms with E-state index in [0.717, 1.165) is 32.4 Å². The van der Waals surface area contributed by atoms with E-state index >= 15 is 0 Å². The molecular formula is C16H28ClF3N2O. The molecule has 1 amide bonds. The highest BCUT2D eigenvalue weighted by molar-refractivity contribution is 5.85. The molecule has 1 heterocycles. The Morgan fingerprint density at radius 1 is 1.17 bits per heavy atom. The van der Waals surface area contributed by atoms with Gasteiger partial charge < -0.3 is 10.2 Å². The summed E-state index contributed by atoms with van der Waals surface area (Å²) in [5.74, 6) is -1.78. The molecule has 0 aromatic rings. The monoisotopic (exact) mass is 356 g/mol. The highest BCUT2D eigenvalue weighted by Gasteiger charge is 2.44. The van der Waals surface area contributed by atoms with Crippen molar-refractivity contribution < 1.29 is 18.0 Å². The van der Waals surface area contributed by atoms with Crippen molar-refractivity contribution in [1.29, 1.82) is 0 Å². The van der Waals surface area contributed by atoms with Gasteiger partial charge in [0.15, 0.2) is 0 Å². The fraction of sp³-hybridized carbons (Fsp3) is 0.938. The summed E-state index contributed by atoms with van der Waals surface area (Å²) >= 11 is 0. The zero-order valence-corrected chi connectivity index (χ0v) is 14.5. The van der Waals surface area contributed by atoms with Crippen LogP contribution in [-0.2, 0) is 4.79 Å². The van der Waals surface area contributed by atoms with Gasteiger partial charge in [-0.25, -0.2) is 0 Å². The van der Waals surface area contributed by atoms with E-state index in [1.165, 1.54) is 0 Å². The maximum absolute atomic E-state index is 12.9. The molecule has 2 rings (SSSR count). The third kappa shape index (κ3) is 5.52. The number of halogens is 4. The molecule has 2 unspecified atom stereocenters. The molecule has 3 nitrogen and oxygen atoms in total. The second kappa shape index (κ2) is 9.11. The molecule has 1 aliphatic heterocycles. The largest absolute Gasteiger partial charge is 0.391 e. The summed E-state index contributed by atoms with van der Waals surface area (Å²) in [4.78, 5) is 14.7. The summed E-state index contributed by atoms with van der Waals surface area (Å²) in [5, 5.41) is 3.27. The lowest BCUT2D eigenvalue weighted by molar-refractivity contribution is -0.187. The van der Waals surface area contributed by atoms with Gasteiger partial charge in [-0.1, -0.05) is 13.3 Å². The van der Waals surface area contributed by atoms with Crippen LogP contribution in [0.25, 0.3) is 0 Å². The molecule has 7 heteroatoms. The van der Waals surface area contributed by atoms with E-state index in [2.05, 4.69) is 5.32 Å². The van der Waals surface area contributed by atoms with Crippen LogP contribution in [0.1, 0.15) is 51.9 Å². The summed E-state index contributed by atoms with van der Waals surface area (Å²) in [7, 11) is 0. The quantitative estimate of drug-likeness (QED) is 0.831. The van der Waals surface area contributed by atoms with Crippen molar-refractivity contribution in [1.82, 2.24) is 10.2 Å². The average molecular weight is 357 g/mol. The first-order chi connectivity index (χ1) is 10.4. The van der Waals surface area contributed by atoms with Crippen LogP contribution in [0.3, 0.4) is 0 Å². The molecule has 0 spiro atoms. The molecule has 136 valence electrons. The fourth-order valence-electron chi connectivity index (χ4n) is 3.78. The summed E-state index contributed by atoms with van der Waals surface area (Å²) in [6, 6.07) is 0.194. The van der Waals surface area contributed by atoms with E-state index in [9.17, 15) is 18.0 Å². The van der Waals surface area contributed by atoms with Crippen LogP contribution >= 0.6 is 12.4 Å². The Balaban J connectivity index is 0.00000264. The minimum Gasteiger partial charge on any atom is -0.339 e. The number of rotatable bonds is 4. The van der Waals surface area contributed by atoms with E-state index < -0.39 is 18.0 Å². The standard InChI is InChI=1S/C16H27F3N2O.ClH/c1-2-10-21(14-6-8-20-9-7-14)15(22)12-4-3-5-13(11-12)16(17,18)19;/h12-14,20H,2-11H2,1H3;1H. The lowest BCUT2D eigenvalue weighted by Crippen LogP contribution is -2.49. The highest BCUT2D eigenvalue weighted by Crippen LogP contribution is 2.40. The summed E-state index contributed by atoms with van der Waals surface area (Å²) in [6.45, 7) is 4.44. The van der Waals surface area contributed by atoms with Crippen molar-refractivity contribution >= 4 is 18.3 Å². The Bertz CT molecular complexity index is 373. The van der Waals surface area contributed by atoms with Crippen LogP contribution in [0.15, 0.2) is 0 Å². The van der Waals surface area contributed by atoms with Gasteiger partial charge in [0.1, 0.15) is 0 Å². The maximum atomic E-state index is 12.9.